The van der Waals surface area contributed by atoms with Crippen LogP contribution in [0.2, 0.25) is 0 Å². The van der Waals surface area contributed by atoms with Gasteiger partial charge < -0.3 is 5.32 Å². The monoisotopic (exact) mass is 451 g/mol. The smallest absolute Gasteiger partial charge is 0.164 e. The fourth-order valence-electron chi connectivity index (χ4n) is 3.14. The summed E-state index contributed by atoms with van der Waals surface area (Å²) in [5, 5.41) is 25.8. The second-order valence-corrected chi connectivity index (χ2v) is 9.95. The Labute approximate surface area is 184 Å². The molecule has 164 valence electrons. The molecule has 0 aliphatic heterocycles. The van der Waals surface area contributed by atoms with Crippen molar-refractivity contribution < 1.29 is 8.42 Å². The number of nitriles is 1. The molecule has 0 saturated heterocycles. The second-order valence-electron chi connectivity index (χ2n) is 7.69. The molecule has 4 aromatic heterocycles. The number of aryl methyl sites for hydroxylation is 1. The molecular weight excluding hydrogens is 430 g/mol. The first-order valence-corrected chi connectivity index (χ1v) is 11.9. The van der Waals surface area contributed by atoms with Crippen LogP contribution < -0.4 is 5.32 Å². The lowest BCUT2D eigenvalue weighted by atomic mass is 10.1. The first kappa shape index (κ1) is 21.4. The van der Waals surface area contributed by atoms with E-state index in [2.05, 4.69) is 36.8 Å². The SMILES string of the molecule is CC(C)Nc1cc(-n2ncc3cc(C#N)cnc32)ncc1-c1cn(CCS(C)(=O)=O)nn1. The van der Waals surface area contributed by atoms with Gasteiger partial charge in [0, 0.05) is 47.4 Å². The number of aromatic nitrogens is 7. The summed E-state index contributed by atoms with van der Waals surface area (Å²) in [5.41, 5.74) is 3.12. The molecule has 0 aliphatic carbocycles. The zero-order valence-electron chi connectivity index (χ0n) is 17.8. The molecule has 0 atom stereocenters. The third-order valence-electron chi connectivity index (χ3n) is 4.59. The van der Waals surface area contributed by atoms with Crippen LogP contribution in [0, 0.1) is 11.3 Å². The van der Waals surface area contributed by atoms with Crippen LogP contribution in [0.15, 0.2) is 36.9 Å². The fraction of sp³-hybridized carbons (Fsp3) is 0.300. The molecule has 0 aromatic carbocycles. The predicted octanol–water partition coefficient (Wildman–Crippen LogP) is 1.81. The summed E-state index contributed by atoms with van der Waals surface area (Å²) in [5.74, 6) is 0.533. The normalized spacial score (nSPS) is 11.7. The molecule has 12 heteroatoms. The van der Waals surface area contributed by atoms with Gasteiger partial charge in [-0.1, -0.05) is 5.21 Å². The van der Waals surface area contributed by atoms with Crippen molar-refractivity contribution in [3.8, 4) is 23.1 Å². The van der Waals surface area contributed by atoms with Crippen molar-refractivity contribution in [2.24, 2.45) is 0 Å². The van der Waals surface area contributed by atoms with Gasteiger partial charge in [-0.2, -0.15) is 15.0 Å². The molecule has 0 aliphatic rings. The van der Waals surface area contributed by atoms with Gasteiger partial charge in [0.05, 0.1) is 30.3 Å². The zero-order chi connectivity index (χ0) is 22.9. The van der Waals surface area contributed by atoms with E-state index < -0.39 is 9.84 Å². The molecule has 0 amide bonds. The number of sulfone groups is 1. The van der Waals surface area contributed by atoms with Crippen LogP contribution in [0.25, 0.3) is 28.1 Å². The van der Waals surface area contributed by atoms with Gasteiger partial charge >= 0.3 is 0 Å². The number of nitrogens with one attached hydrogen (secondary N) is 1. The zero-order valence-corrected chi connectivity index (χ0v) is 18.6. The summed E-state index contributed by atoms with van der Waals surface area (Å²) in [6.45, 7) is 4.25. The van der Waals surface area contributed by atoms with E-state index in [1.807, 2.05) is 19.9 Å². The molecule has 0 saturated carbocycles. The number of anilines is 1. The molecule has 1 N–H and O–H groups in total. The summed E-state index contributed by atoms with van der Waals surface area (Å²) < 4.78 is 26.0. The van der Waals surface area contributed by atoms with Crippen molar-refractivity contribution in [3.05, 3.63) is 42.5 Å². The van der Waals surface area contributed by atoms with Gasteiger partial charge in [-0.15, -0.1) is 5.10 Å². The van der Waals surface area contributed by atoms with Gasteiger partial charge in [0.15, 0.2) is 11.5 Å². The maximum absolute atomic E-state index is 11.4. The van der Waals surface area contributed by atoms with Crippen molar-refractivity contribution in [2.75, 3.05) is 17.3 Å². The average Bonchev–Trinajstić information content (AvgIpc) is 3.38. The Bertz CT molecular complexity index is 1430. The van der Waals surface area contributed by atoms with E-state index in [9.17, 15) is 8.42 Å². The molecule has 4 rings (SSSR count). The Morgan fingerprint density at radius 1 is 1.19 bits per heavy atom. The minimum atomic E-state index is -3.10. The van der Waals surface area contributed by atoms with Gasteiger partial charge in [0.2, 0.25) is 0 Å². The fourth-order valence-corrected chi connectivity index (χ4v) is 3.65. The van der Waals surface area contributed by atoms with E-state index in [1.54, 1.807) is 29.3 Å². The summed E-state index contributed by atoms with van der Waals surface area (Å²) in [7, 11) is -3.10. The van der Waals surface area contributed by atoms with Crippen LogP contribution in [-0.2, 0) is 16.4 Å². The van der Waals surface area contributed by atoms with Crippen LogP contribution in [0.5, 0.6) is 0 Å². The van der Waals surface area contributed by atoms with Gasteiger partial charge in [-0.25, -0.2) is 18.4 Å². The lowest BCUT2D eigenvalue weighted by Crippen LogP contribution is -2.12. The largest absolute Gasteiger partial charge is 0.382 e. The highest BCUT2D eigenvalue weighted by Crippen LogP contribution is 2.28. The number of fused-ring (bicyclic) bond motifs is 1. The van der Waals surface area contributed by atoms with Crippen molar-refractivity contribution >= 4 is 26.6 Å². The molecule has 11 nitrogen and oxygen atoms in total. The average molecular weight is 452 g/mol. The number of hydrogen-bond acceptors (Lipinski definition) is 9. The standard InChI is InChI=1S/C20H21N9O2S/c1-13(2)25-17-7-19(29-20-15(10-24-29)6-14(8-21)9-23-20)22-11-16(17)18-12-28(27-26-18)4-5-32(3,30)31/h6-7,9-13H,4-5H2,1-3H3,(H,22,25). The van der Waals surface area contributed by atoms with Gasteiger partial charge in [0.1, 0.15) is 21.6 Å². The first-order valence-electron chi connectivity index (χ1n) is 9.82. The molecular formula is C20H21N9O2S. The minimum Gasteiger partial charge on any atom is -0.382 e. The van der Waals surface area contributed by atoms with Crippen LogP contribution in [0.4, 0.5) is 5.69 Å². The number of nitrogens with zero attached hydrogens (tertiary/aromatic N) is 8. The molecule has 4 aromatic rings. The van der Waals surface area contributed by atoms with Crippen LogP contribution in [0.3, 0.4) is 0 Å². The van der Waals surface area contributed by atoms with E-state index in [0.29, 0.717) is 22.7 Å². The Kier molecular flexibility index (Phi) is 5.58. The van der Waals surface area contributed by atoms with Crippen molar-refractivity contribution in [1.82, 2.24) is 34.7 Å². The minimum absolute atomic E-state index is 0.0169. The van der Waals surface area contributed by atoms with E-state index in [4.69, 9.17) is 5.26 Å². The van der Waals surface area contributed by atoms with Crippen LogP contribution >= 0.6 is 0 Å². The number of rotatable bonds is 7. The number of hydrogen-bond donors (Lipinski definition) is 1. The summed E-state index contributed by atoms with van der Waals surface area (Å²) in [4.78, 5) is 8.88. The first-order chi connectivity index (χ1) is 15.2. The summed E-state index contributed by atoms with van der Waals surface area (Å²) >= 11 is 0. The Balaban J connectivity index is 1.72. The highest BCUT2D eigenvalue weighted by Gasteiger charge is 2.16. The van der Waals surface area contributed by atoms with Gasteiger partial charge in [-0.3, -0.25) is 4.68 Å². The molecule has 0 unspecified atom stereocenters. The van der Waals surface area contributed by atoms with E-state index in [1.165, 1.54) is 17.1 Å². The molecule has 0 bridgehead atoms. The maximum Gasteiger partial charge on any atom is 0.164 e. The lowest BCUT2D eigenvalue weighted by Gasteiger charge is -2.14. The molecule has 4 heterocycles. The second kappa shape index (κ2) is 8.35. The van der Waals surface area contributed by atoms with Crippen molar-refractivity contribution in [3.63, 3.8) is 0 Å². The predicted molar refractivity (Wildman–Crippen MR) is 119 cm³/mol. The molecule has 0 spiro atoms. The Morgan fingerprint density at radius 2 is 2.00 bits per heavy atom. The topological polar surface area (TPSA) is 144 Å². The maximum atomic E-state index is 11.4. The summed E-state index contributed by atoms with van der Waals surface area (Å²) in [6.07, 6.45) is 7.69. The van der Waals surface area contributed by atoms with Gasteiger partial charge in [0.25, 0.3) is 0 Å². The van der Waals surface area contributed by atoms with Crippen LogP contribution in [-0.4, -0.2) is 61.2 Å². The van der Waals surface area contributed by atoms with Gasteiger partial charge in [-0.05, 0) is 19.9 Å². The Hall–Kier alpha value is -3.85. The van der Waals surface area contributed by atoms with Crippen LogP contribution in [0.1, 0.15) is 19.4 Å². The Morgan fingerprint density at radius 3 is 2.72 bits per heavy atom. The van der Waals surface area contributed by atoms with E-state index in [-0.39, 0.29) is 18.3 Å². The quantitative estimate of drug-likeness (QED) is 0.444. The molecule has 0 radical (unpaired) electrons. The third kappa shape index (κ3) is 4.57. The molecule has 0 fully saturated rings. The highest BCUT2D eigenvalue weighted by atomic mass is 32.2. The highest BCUT2D eigenvalue weighted by molar-refractivity contribution is 7.90. The number of pyridine rings is 2. The van der Waals surface area contributed by atoms with Crippen molar-refractivity contribution in [1.29, 1.82) is 5.26 Å². The third-order valence-corrected chi connectivity index (χ3v) is 5.52. The van der Waals surface area contributed by atoms with E-state index in [0.717, 1.165) is 16.6 Å². The lowest BCUT2D eigenvalue weighted by molar-refractivity contribution is 0.579. The van der Waals surface area contributed by atoms with Crippen molar-refractivity contribution in [2.45, 2.75) is 26.4 Å². The molecule has 32 heavy (non-hydrogen) atoms. The summed E-state index contributed by atoms with van der Waals surface area (Å²) in [6, 6.07) is 5.77. The van der Waals surface area contributed by atoms with E-state index >= 15 is 0 Å².